The number of hydrogen-bond donors (Lipinski definition) is 3. The van der Waals surface area contributed by atoms with E-state index in [9.17, 15) is 4.79 Å². The molecule has 4 nitrogen and oxygen atoms in total. The van der Waals surface area contributed by atoms with Crippen LogP contribution in [-0.4, -0.2) is 18.0 Å². The fraction of sp³-hybridized carbons (Fsp3) is 0.462. The number of carbonyl (C=O) groups is 1. The Labute approximate surface area is 121 Å². The molecule has 0 radical (unpaired) electrons. The fourth-order valence-electron chi connectivity index (χ4n) is 2.09. The number of anilines is 1. The predicted octanol–water partition coefficient (Wildman–Crippen LogP) is 2.26. The van der Waals surface area contributed by atoms with Crippen molar-refractivity contribution in [2.45, 2.75) is 38.3 Å². The Kier molecular flexibility index (Phi) is 4.96. The van der Waals surface area contributed by atoms with Crippen molar-refractivity contribution in [3.63, 3.8) is 0 Å². The SMILES string of the molecule is CCCC1CC(C(=O)Nc2ccc(I)cc2)NN1. The van der Waals surface area contributed by atoms with Crippen LogP contribution in [0.4, 0.5) is 5.69 Å². The van der Waals surface area contributed by atoms with E-state index in [1.54, 1.807) is 0 Å². The molecule has 0 aromatic heterocycles. The van der Waals surface area contributed by atoms with Gasteiger partial charge >= 0.3 is 0 Å². The van der Waals surface area contributed by atoms with Crippen molar-refractivity contribution < 1.29 is 4.79 Å². The second-order valence-electron chi connectivity index (χ2n) is 4.56. The van der Waals surface area contributed by atoms with Crippen molar-refractivity contribution in [3.05, 3.63) is 27.8 Å². The fourth-order valence-corrected chi connectivity index (χ4v) is 2.45. The zero-order valence-corrected chi connectivity index (χ0v) is 12.5. The molecule has 0 saturated carbocycles. The Balaban J connectivity index is 1.87. The number of halogens is 1. The number of carbonyl (C=O) groups excluding carboxylic acids is 1. The van der Waals surface area contributed by atoms with Crippen LogP contribution in [0.25, 0.3) is 0 Å². The predicted molar refractivity (Wildman–Crippen MR) is 81.2 cm³/mol. The van der Waals surface area contributed by atoms with Gasteiger partial charge in [-0.3, -0.25) is 10.2 Å². The van der Waals surface area contributed by atoms with Gasteiger partial charge in [-0.05, 0) is 59.7 Å². The smallest absolute Gasteiger partial charge is 0.242 e. The topological polar surface area (TPSA) is 53.2 Å². The van der Waals surface area contributed by atoms with Gasteiger partial charge in [-0.15, -0.1) is 0 Å². The second-order valence-corrected chi connectivity index (χ2v) is 5.80. The van der Waals surface area contributed by atoms with Crippen molar-refractivity contribution in [1.82, 2.24) is 10.9 Å². The highest BCUT2D eigenvalue weighted by atomic mass is 127. The lowest BCUT2D eigenvalue weighted by atomic mass is 10.1. The zero-order valence-electron chi connectivity index (χ0n) is 10.4. The molecule has 1 aliphatic heterocycles. The van der Waals surface area contributed by atoms with Crippen molar-refractivity contribution in [1.29, 1.82) is 0 Å². The first-order chi connectivity index (χ1) is 8.69. The molecule has 1 heterocycles. The van der Waals surface area contributed by atoms with Gasteiger partial charge < -0.3 is 5.32 Å². The average Bonchev–Trinajstić information content (AvgIpc) is 2.81. The van der Waals surface area contributed by atoms with E-state index in [0.29, 0.717) is 6.04 Å². The lowest BCUT2D eigenvalue weighted by Gasteiger charge is -2.10. The molecule has 5 heteroatoms. The van der Waals surface area contributed by atoms with Gasteiger partial charge in [0, 0.05) is 15.3 Å². The summed E-state index contributed by atoms with van der Waals surface area (Å²) in [4.78, 5) is 12.0. The Hall–Kier alpha value is -0.660. The third kappa shape index (κ3) is 3.66. The van der Waals surface area contributed by atoms with Crippen LogP contribution in [0.1, 0.15) is 26.2 Å². The van der Waals surface area contributed by atoms with E-state index < -0.39 is 0 Å². The molecule has 0 spiro atoms. The summed E-state index contributed by atoms with van der Waals surface area (Å²) in [5, 5.41) is 2.93. The molecule has 0 aliphatic carbocycles. The highest BCUT2D eigenvalue weighted by molar-refractivity contribution is 14.1. The zero-order chi connectivity index (χ0) is 13.0. The highest BCUT2D eigenvalue weighted by Crippen LogP contribution is 2.14. The molecule has 2 atom stereocenters. The summed E-state index contributed by atoms with van der Waals surface area (Å²) in [6.45, 7) is 2.15. The van der Waals surface area contributed by atoms with Crippen LogP contribution in [0.15, 0.2) is 24.3 Å². The number of amides is 1. The standard InChI is InChI=1S/C13H18IN3O/c1-2-3-11-8-12(17-16-11)13(18)15-10-6-4-9(14)5-7-10/h4-7,11-12,16-17H,2-3,8H2,1H3,(H,15,18). The number of hydrogen-bond acceptors (Lipinski definition) is 3. The maximum atomic E-state index is 12.0. The molecule has 1 aromatic rings. The van der Waals surface area contributed by atoms with Crippen LogP contribution >= 0.6 is 22.6 Å². The summed E-state index contributed by atoms with van der Waals surface area (Å²) >= 11 is 2.25. The Bertz CT molecular complexity index is 407. The molecular weight excluding hydrogens is 341 g/mol. The van der Waals surface area contributed by atoms with Gasteiger partial charge in [-0.2, -0.15) is 0 Å². The number of rotatable bonds is 4. The minimum atomic E-state index is -0.138. The first kappa shape index (κ1) is 13.8. The monoisotopic (exact) mass is 359 g/mol. The van der Waals surface area contributed by atoms with Crippen molar-refractivity contribution in [3.8, 4) is 0 Å². The average molecular weight is 359 g/mol. The Morgan fingerprint density at radius 3 is 2.78 bits per heavy atom. The van der Waals surface area contributed by atoms with Gasteiger partial charge in [0.05, 0.1) is 0 Å². The van der Waals surface area contributed by atoms with E-state index in [-0.39, 0.29) is 11.9 Å². The molecule has 18 heavy (non-hydrogen) atoms. The van der Waals surface area contributed by atoms with Gasteiger partial charge in [-0.25, -0.2) is 5.43 Å². The Morgan fingerprint density at radius 1 is 1.39 bits per heavy atom. The van der Waals surface area contributed by atoms with E-state index in [4.69, 9.17) is 0 Å². The summed E-state index contributed by atoms with van der Waals surface area (Å²) in [5.74, 6) is 0.0299. The van der Waals surface area contributed by atoms with E-state index >= 15 is 0 Å². The first-order valence-electron chi connectivity index (χ1n) is 6.26. The molecule has 2 unspecified atom stereocenters. The molecule has 0 bridgehead atoms. The number of nitrogens with one attached hydrogen (secondary N) is 3. The summed E-state index contributed by atoms with van der Waals surface area (Å²) in [6.07, 6.45) is 3.08. The van der Waals surface area contributed by atoms with Crippen molar-refractivity contribution in [2.24, 2.45) is 0 Å². The molecule has 1 aliphatic rings. The second kappa shape index (κ2) is 6.49. The summed E-state index contributed by atoms with van der Waals surface area (Å²) in [6, 6.07) is 8.08. The van der Waals surface area contributed by atoms with Gasteiger partial charge in [0.25, 0.3) is 0 Å². The quantitative estimate of drug-likeness (QED) is 0.723. The third-order valence-corrected chi connectivity index (χ3v) is 3.77. The molecule has 1 fully saturated rings. The minimum Gasteiger partial charge on any atom is -0.325 e. The van der Waals surface area contributed by atoms with Gasteiger partial charge in [-0.1, -0.05) is 13.3 Å². The van der Waals surface area contributed by atoms with Crippen molar-refractivity contribution >= 4 is 34.2 Å². The molecule has 1 aromatic carbocycles. The first-order valence-corrected chi connectivity index (χ1v) is 7.34. The van der Waals surface area contributed by atoms with Crippen LogP contribution in [0.5, 0.6) is 0 Å². The molecule has 1 amide bonds. The molecule has 3 N–H and O–H groups in total. The highest BCUT2D eigenvalue weighted by Gasteiger charge is 2.28. The van der Waals surface area contributed by atoms with E-state index in [1.807, 2.05) is 24.3 Å². The van der Waals surface area contributed by atoms with Gasteiger partial charge in [0.1, 0.15) is 6.04 Å². The van der Waals surface area contributed by atoms with Crippen LogP contribution in [0.3, 0.4) is 0 Å². The lowest BCUT2D eigenvalue weighted by Crippen LogP contribution is -2.40. The van der Waals surface area contributed by atoms with E-state index in [2.05, 4.69) is 45.7 Å². The summed E-state index contributed by atoms with van der Waals surface area (Å²) in [5.41, 5.74) is 7.08. The van der Waals surface area contributed by atoms with Crippen LogP contribution < -0.4 is 16.2 Å². The number of benzene rings is 1. The largest absolute Gasteiger partial charge is 0.325 e. The van der Waals surface area contributed by atoms with Gasteiger partial charge in [0.15, 0.2) is 0 Å². The van der Waals surface area contributed by atoms with E-state index in [0.717, 1.165) is 28.5 Å². The van der Waals surface area contributed by atoms with Crippen molar-refractivity contribution in [2.75, 3.05) is 5.32 Å². The molecule has 2 rings (SSSR count). The molecule has 98 valence electrons. The third-order valence-electron chi connectivity index (χ3n) is 3.05. The van der Waals surface area contributed by atoms with Gasteiger partial charge in [0.2, 0.25) is 5.91 Å². The summed E-state index contributed by atoms with van der Waals surface area (Å²) < 4.78 is 1.16. The van der Waals surface area contributed by atoms with Crippen LogP contribution in [-0.2, 0) is 4.79 Å². The molecule has 1 saturated heterocycles. The van der Waals surface area contributed by atoms with Crippen LogP contribution in [0.2, 0.25) is 0 Å². The normalized spacial score (nSPS) is 23.0. The molecular formula is C13H18IN3O. The van der Waals surface area contributed by atoms with E-state index in [1.165, 1.54) is 0 Å². The Morgan fingerprint density at radius 2 is 2.11 bits per heavy atom. The summed E-state index contributed by atoms with van der Waals surface area (Å²) in [7, 11) is 0. The maximum absolute atomic E-state index is 12.0. The van der Waals surface area contributed by atoms with Crippen LogP contribution in [0, 0.1) is 3.57 Å². The number of hydrazine groups is 1. The minimum absolute atomic E-state index is 0.0299. The lowest BCUT2D eigenvalue weighted by molar-refractivity contribution is -0.117. The maximum Gasteiger partial charge on any atom is 0.242 e.